The van der Waals surface area contributed by atoms with Crippen LogP contribution in [0.2, 0.25) is 0 Å². The van der Waals surface area contributed by atoms with E-state index in [1.165, 1.54) is 18.4 Å². The quantitative estimate of drug-likeness (QED) is 0.570. The monoisotopic (exact) mass is 326 g/mol. The van der Waals surface area contributed by atoms with Gasteiger partial charge in [0.2, 0.25) is 0 Å². The zero-order chi connectivity index (χ0) is 15.8. The van der Waals surface area contributed by atoms with Gasteiger partial charge in [-0.3, -0.25) is 0 Å². The number of thioether (sulfide) groups is 1. The smallest absolute Gasteiger partial charge is 0.319 e. The van der Waals surface area contributed by atoms with E-state index in [-0.39, 0.29) is 6.03 Å². The van der Waals surface area contributed by atoms with Crippen LogP contribution in [0.25, 0.3) is 0 Å². The number of rotatable bonds is 6. The summed E-state index contributed by atoms with van der Waals surface area (Å²) in [5, 5.41) is 5.46. The van der Waals surface area contributed by atoms with Crippen molar-refractivity contribution >= 4 is 23.5 Å². The highest BCUT2D eigenvalue weighted by Crippen LogP contribution is 2.27. The Labute approximate surface area is 133 Å². The summed E-state index contributed by atoms with van der Waals surface area (Å²) in [4.78, 5) is 12.2. The third-order valence-corrected chi connectivity index (χ3v) is 4.14. The number of alkyl halides is 2. The van der Waals surface area contributed by atoms with Gasteiger partial charge in [0.05, 0.1) is 0 Å². The fraction of sp³-hybridized carbons (Fsp3) is 0.438. The maximum Gasteiger partial charge on any atom is 0.319 e. The van der Waals surface area contributed by atoms with Gasteiger partial charge in [0, 0.05) is 17.1 Å². The zero-order valence-electron chi connectivity index (χ0n) is 12.3. The van der Waals surface area contributed by atoms with E-state index in [9.17, 15) is 13.6 Å². The van der Waals surface area contributed by atoms with Crippen LogP contribution >= 0.6 is 11.8 Å². The second-order valence-corrected chi connectivity index (χ2v) is 6.21. The van der Waals surface area contributed by atoms with Crippen LogP contribution in [0.1, 0.15) is 32.1 Å². The third kappa shape index (κ3) is 6.05. The highest BCUT2D eigenvalue weighted by Gasteiger charge is 2.08. The molecule has 1 aromatic rings. The Morgan fingerprint density at radius 1 is 1.32 bits per heavy atom. The highest BCUT2D eigenvalue weighted by molar-refractivity contribution is 7.99. The molecule has 120 valence electrons. The molecule has 3 nitrogen and oxygen atoms in total. The van der Waals surface area contributed by atoms with E-state index < -0.39 is 5.76 Å². The lowest BCUT2D eigenvalue weighted by Crippen LogP contribution is -2.29. The van der Waals surface area contributed by atoms with Gasteiger partial charge in [-0.2, -0.15) is 8.78 Å². The van der Waals surface area contributed by atoms with Crippen molar-refractivity contribution in [1.82, 2.24) is 5.32 Å². The topological polar surface area (TPSA) is 41.1 Å². The number of urea groups is 1. The van der Waals surface area contributed by atoms with Crippen molar-refractivity contribution in [2.45, 2.75) is 42.8 Å². The van der Waals surface area contributed by atoms with Crippen molar-refractivity contribution in [3.8, 4) is 0 Å². The standard InChI is InChI=1S/C16H20F2N2OS/c17-15(18)22-14-8-4-7-13(11-14)20-16(21)19-10-9-12-5-2-1-3-6-12/h4-5,7-8,11,15H,1-3,6,9-10H2,(H2,19,20,21). The number of hydrogen-bond donors (Lipinski definition) is 2. The van der Waals surface area contributed by atoms with Gasteiger partial charge in [-0.15, -0.1) is 0 Å². The molecule has 2 rings (SSSR count). The molecule has 0 aromatic heterocycles. The fourth-order valence-corrected chi connectivity index (χ4v) is 2.95. The molecule has 0 heterocycles. The van der Waals surface area contributed by atoms with Crippen LogP contribution in [-0.4, -0.2) is 18.3 Å². The largest absolute Gasteiger partial charge is 0.338 e. The maximum absolute atomic E-state index is 12.3. The number of carbonyl (C=O) groups is 1. The van der Waals surface area contributed by atoms with Crippen LogP contribution in [0.15, 0.2) is 40.8 Å². The molecule has 22 heavy (non-hydrogen) atoms. The number of halogens is 2. The second kappa shape index (κ2) is 8.78. The lowest BCUT2D eigenvalue weighted by atomic mass is 9.97. The van der Waals surface area contributed by atoms with E-state index in [0.717, 1.165) is 19.3 Å². The zero-order valence-corrected chi connectivity index (χ0v) is 13.1. The maximum atomic E-state index is 12.3. The number of hydrogen-bond acceptors (Lipinski definition) is 2. The Bertz CT molecular complexity index is 535. The number of carbonyl (C=O) groups excluding carboxylic acids is 1. The lowest BCUT2D eigenvalue weighted by Gasteiger charge is -2.13. The minimum Gasteiger partial charge on any atom is -0.338 e. The van der Waals surface area contributed by atoms with Gasteiger partial charge in [0.1, 0.15) is 0 Å². The SMILES string of the molecule is O=C(NCCC1=CCCCC1)Nc1cccc(SC(F)F)c1. The molecular weight excluding hydrogens is 306 g/mol. The van der Waals surface area contributed by atoms with E-state index in [1.54, 1.807) is 24.3 Å². The normalized spacial score (nSPS) is 14.6. The number of benzene rings is 1. The molecule has 1 aromatic carbocycles. The van der Waals surface area contributed by atoms with Gasteiger partial charge in [-0.05, 0) is 50.3 Å². The molecule has 0 bridgehead atoms. The second-order valence-electron chi connectivity index (χ2n) is 5.15. The van der Waals surface area contributed by atoms with Crippen LogP contribution in [0.4, 0.5) is 19.3 Å². The molecular formula is C16H20F2N2OS. The predicted molar refractivity (Wildman–Crippen MR) is 86.5 cm³/mol. The van der Waals surface area contributed by atoms with Gasteiger partial charge >= 0.3 is 6.03 Å². The molecule has 0 aliphatic heterocycles. The van der Waals surface area contributed by atoms with Crippen LogP contribution < -0.4 is 10.6 Å². The molecule has 2 N–H and O–H groups in total. The number of anilines is 1. The average Bonchev–Trinajstić information content (AvgIpc) is 2.48. The molecule has 0 atom stereocenters. The summed E-state index contributed by atoms with van der Waals surface area (Å²) in [6.45, 7) is 0.586. The van der Waals surface area contributed by atoms with Gasteiger partial charge in [-0.25, -0.2) is 4.79 Å². The Hall–Kier alpha value is -1.56. The summed E-state index contributed by atoms with van der Waals surface area (Å²) >= 11 is 0.464. The molecule has 0 unspecified atom stereocenters. The fourth-order valence-electron chi connectivity index (χ4n) is 2.39. The Balaban J connectivity index is 1.75. The molecule has 0 saturated heterocycles. The van der Waals surface area contributed by atoms with Crippen LogP contribution in [0.3, 0.4) is 0 Å². The number of amides is 2. The Morgan fingerprint density at radius 2 is 2.18 bits per heavy atom. The summed E-state index contributed by atoms with van der Waals surface area (Å²) in [6.07, 6.45) is 7.87. The van der Waals surface area contributed by atoms with Crippen molar-refractivity contribution < 1.29 is 13.6 Å². The molecule has 1 aliphatic rings. The Kier molecular flexibility index (Phi) is 6.71. The minimum absolute atomic E-state index is 0.310. The minimum atomic E-state index is -2.46. The van der Waals surface area contributed by atoms with E-state index in [2.05, 4.69) is 16.7 Å². The summed E-state index contributed by atoms with van der Waals surface area (Å²) < 4.78 is 24.6. The molecule has 2 amide bonds. The van der Waals surface area contributed by atoms with Crippen molar-refractivity contribution in [3.63, 3.8) is 0 Å². The first-order valence-corrected chi connectivity index (χ1v) is 8.29. The molecule has 0 saturated carbocycles. The van der Waals surface area contributed by atoms with Crippen LogP contribution in [0, 0.1) is 0 Å². The molecule has 0 fully saturated rings. The summed E-state index contributed by atoms with van der Waals surface area (Å²) in [5.74, 6) is -2.46. The van der Waals surface area contributed by atoms with Crippen molar-refractivity contribution in [3.05, 3.63) is 35.9 Å². The first kappa shape index (κ1) is 16.8. The van der Waals surface area contributed by atoms with Gasteiger partial charge in [0.15, 0.2) is 0 Å². The highest BCUT2D eigenvalue weighted by atomic mass is 32.2. The van der Waals surface area contributed by atoms with E-state index in [1.807, 2.05) is 0 Å². The first-order valence-electron chi connectivity index (χ1n) is 7.41. The van der Waals surface area contributed by atoms with Gasteiger partial charge in [0.25, 0.3) is 5.76 Å². The van der Waals surface area contributed by atoms with E-state index in [4.69, 9.17) is 0 Å². The number of allylic oxidation sites excluding steroid dienone is 1. The van der Waals surface area contributed by atoms with E-state index in [0.29, 0.717) is 28.9 Å². The Morgan fingerprint density at radius 3 is 2.91 bits per heavy atom. The predicted octanol–water partition coefficient (Wildman–Crippen LogP) is 5.01. The summed E-state index contributed by atoms with van der Waals surface area (Å²) in [6, 6.07) is 6.15. The van der Waals surface area contributed by atoms with Crippen molar-refractivity contribution in [2.24, 2.45) is 0 Å². The molecule has 0 spiro atoms. The van der Waals surface area contributed by atoms with E-state index >= 15 is 0 Å². The lowest BCUT2D eigenvalue weighted by molar-refractivity contribution is 0.251. The van der Waals surface area contributed by atoms with Crippen LogP contribution in [0.5, 0.6) is 0 Å². The van der Waals surface area contributed by atoms with Gasteiger partial charge in [-0.1, -0.05) is 29.5 Å². The summed E-state index contributed by atoms with van der Waals surface area (Å²) in [7, 11) is 0. The van der Waals surface area contributed by atoms with Crippen molar-refractivity contribution in [2.75, 3.05) is 11.9 Å². The van der Waals surface area contributed by atoms with Gasteiger partial charge < -0.3 is 10.6 Å². The molecule has 6 heteroatoms. The molecule has 1 aliphatic carbocycles. The average molecular weight is 326 g/mol. The van der Waals surface area contributed by atoms with Crippen molar-refractivity contribution in [1.29, 1.82) is 0 Å². The number of nitrogens with one attached hydrogen (secondary N) is 2. The first-order chi connectivity index (χ1) is 10.6. The summed E-state index contributed by atoms with van der Waals surface area (Å²) in [5.41, 5.74) is 1.92. The molecule has 0 radical (unpaired) electrons. The third-order valence-electron chi connectivity index (χ3n) is 3.43. The van der Waals surface area contributed by atoms with Crippen LogP contribution in [-0.2, 0) is 0 Å².